The number of carbonyl (C=O) groups is 2. The molecule has 0 aromatic heterocycles. The van der Waals surface area contributed by atoms with Gasteiger partial charge in [0.2, 0.25) is 11.8 Å². The monoisotopic (exact) mass is 370 g/mol. The van der Waals surface area contributed by atoms with Gasteiger partial charge < -0.3 is 20.9 Å². The van der Waals surface area contributed by atoms with Gasteiger partial charge in [-0.2, -0.15) is 0 Å². The number of carbonyl (C=O) groups excluding carboxylic acids is 2. The maximum atomic E-state index is 12.2. The molecule has 1 fully saturated rings. The van der Waals surface area contributed by atoms with Crippen molar-refractivity contribution in [3.63, 3.8) is 0 Å². The summed E-state index contributed by atoms with van der Waals surface area (Å²) in [6.07, 6.45) is 1.96. The van der Waals surface area contributed by atoms with Gasteiger partial charge in [-0.25, -0.2) is 0 Å². The first kappa shape index (κ1) is 24.7. The van der Waals surface area contributed by atoms with Gasteiger partial charge in [0.25, 0.3) is 0 Å². The Labute approximate surface area is 152 Å². The highest BCUT2D eigenvalue weighted by Gasteiger charge is 2.34. The number of halogens is 2. The van der Waals surface area contributed by atoms with Gasteiger partial charge >= 0.3 is 0 Å². The van der Waals surface area contributed by atoms with Crippen molar-refractivity contribution in [3.8, 4) is 0 Å². The van der Waals surface area contributed by atoms with E-state index in [0.29, 0.717) is 26.1 Å². The molecule has 2 amide bonds. The molecule has 1 heterocycles. The second-order valence-electron chi connectivity index (χ2n) is 6.33. The molecule has 0 saturated carbocycles. The second-order valence-corrected chi connectivity index (χ2v) is 6.33. The van der Waals surface area contributed by atoms with Crippen LogP contribution in [0.3, 0.4) is 0 Å². The van der Waals surface area contributed by atoms with Crippen molar-refractivity contribution in [1.29, 1.82) is 0 Å². The molecule has 1 atom stereocenters. The van der Waals surface area contributed by atoms with Gasteiger partial charge in [0.05, 0.1) is 5.92 Å². The third-order valence-corrected chi connectivity index (χ3v) is 4.43. The number of amides is 2. The van der Waals surface area contributed by atoms with Crippen LogP contribution in [-0.2, 0) is 9.59 Å². The van der Waals surface area contributed by atoms with Crippen LogP contribution in [0.4, 0.5) is 0 Å². The Kier molecular flexibility index (Phi) is 11.9. The number of likely N-dealkylation sites (N-methyl/N-ethyl adjacent to an activating group) is 1. The summed E-state index contributed by atoms with van der Waals surface area (Å²) in [6.45, 7) is 6.54. The van der Waals surface area contributed by atoms with Gasteiger partial charge in [-0.05, 0) is 26.9 Å². The number of hydrogen-bond donors (Lipinski definition) is 2. The molecule has 8 heteroatoms. The molecule has 0 aliphatic carbocycles. The molecule has 1 saturated heterocycles. The summed E-state index contributed by atoms with van der Waals surface area (Å²) in [5.74, 6) is -0.216. The highest BCUT2D eigenvalue weighted by Crippen LogP contribution is 2.18. The SMILES string of the molecule is CCC(N)(CC)CNC(=O)C1CC(=O)N(CCN(C)C)C1.Cl.Cl. The van der Waals surface area contributed by atoms with Gasteiger partial charge in [-0.15, -0.1) is 24.8 Å². The first-order valence-electron chi connectivity index (χ1n) is 7.80. The third-order valence-electron chi connectivity index (χ3n) is 4.43. The van der Waals surface area contributed by atoms with E-state index in [0.717, 1.165) is 19.4 Å². The highest BCUT2D eigenvalue weighted by molar-refractivity contribution is 5.89. The molecule has 138 valence electrons. The lowest BCUT2D eigenvalue weighted by molar-refractivity contribution is -0.129. The fraction of sp³-hybridized carbons (Fsp3) is 0.867. The van der Waals surface area contributed by atoms with E-state index >= 15 is 0 Å². The predicted octanol–water partition coefficient (Wildman–Crippen LogP) is 0.874. The van der Waals surface area contributed by atoms with Crippen LogP contribution in [-0.4, -0.2) is 67.4 Å². The molecule has 3 N–H and O–H groups in total. The molecule has 1 aliphatic heterocycles. The smallest absolute Gasteiger partial charge is 0.225 e. The molecule has 0 radical (unpaired) electrons. The fourth-order valence-electron chi connectivity index (χ4n) is 2.39. The van der Waals surface area contributed by atoms with Gasteiger partial charge in [0.15, 0.2) is 0 Å². The van der Waals surface area contributed by atoms with E-state index in [4.69, 9.17) is 5.73 Å². The highest BCUT2D eigenvalue weighted by atomic mass is 35.5. The lowest BCUT2D eigenvalue weighted by Gasteiger charge is -2.27. The van der Waals surface area contributed by atoms with Crippen LogP contribution in [0.15, 0.2) is 0 Å². The van der Waals surface area contributed by atoms with E-state index in [1.807, 2.05) is 32.8 Å². The van der Waals surface area contributed by atoms with Gasteiger partial charge in [0.1, 0.15) is 0 Å². The summed E-state index contributed by atoms with van der Waals surface area (Å²) < 4.78 is 0. The molecular formula is C15H32Cl2N4O2. The van der Waals surface area contributed by atoms with Gasteiger partial charge in [-0.3, -0.25) is 9.59 Å². The van der Waals surface area contributed by atoms with Crippen molar-refractivity contribution in [2.24, 2.45) is 11.7 Å². The van der Waals surface area contributed by atoms with Crippen LogP contribution in [0, 0.1) is 5.92 Å². The Bertz CT molecular complexity index is 376. The zero-order valence-electron chi connectivity index (χ0n) is 14.6. The fourth-order valence-corrected chi connectivity index (χ4v) is 2.39. The topological polar surface area (TPSA) is 78.7 Å². The quantitative estimate of drug-likeness (QED) is 0.664. The normalized spacial score (nSPS) is 17.7. The Morgan fingerprint density at radius 2 is 1.91 bits per heavy atom. The molecule has 0 aromatic carbocycles. The summed E-state index contributed by atoms with van der Waals surface area (Å²) in [5, 5.41) is 2.92. The lowest BCUT2D eigenvalue weighted by atomic mass is 9.94. The van der Waals surface area contributed by atoms with Crippen molar-refractivity contribution >= 4 is 36.6 Å². The van der Waals surface area contributed by atoms with E-state index in [9.17, 15) is 9.59 Å². The molecule has 0 aromatic rings. The predicted molar refractivity (Wildman–Crippen MR) is 98.2 cm³/mol. The van der Waals surface area contributed by atoms with Crippen molar-refractivity contribution < 1.29 is 9.59 Å². The second kappa shape index (κ2) is 11.1. The molecule has 1 rings (SSSR count). The third kappa shape index (κ3) is 7.70. The summed E-state index contributed by atoms with van der Waals surface area (Å²) in [7, 11) is 3.95. The van der Waals surface area contributed by atoms with Crippen LogP contribution in [0.25, 0.3) is 0 Å². The van der Waals surface area contributed by atoms with E-state index in [1.165, 1.54) is 0 Å². The largest absolute Gasteiger partial charge is 0.354 e. The van der Waals surface area contributed by atoms with Crippen LogP contribution >= 0.6 is 24.8 Å². The maximum absolute atomic E-state index is 12.2. The van der Waals surface area contributed by atoms with Gasteiger partial charge in [-0.1, -0.05) is 13.8 Å². The minimum absolute atomic E-state index is 0. The Balaban J connectivity index is 0. The molecule has 1 unspecified atom stereocenters. The first-order valence-corrected chi connectivity index (χ1v) is 7.80. The number of nitrogens with two attached hydrogens (primary N) is 1. The van der Waals surface area contributed by atoms with E-state index in [2.05, 4.69) is 5.32 Å². The van der Waals surface area contributed by atoms with Gasteiger partial charge in [0, 0.05) is 38.1 Å². The molecule has 0 spiro atoms. The molecule has 1 aliphatic rings. The van der Waals surface area contributed by atoms with Crippen molar-refractivity contribution in [2.75, 3.05) is 40.3 Å². The van der Waals surface area contributed by atoms with Crippen molar-refractivity contribution in [3.05, 3.63) is 0 Å². The number of nitrogens with zero attached hydrogens (tertiary/aromatic N) is 2. The molecular weight excluding hydrogens is 339 g/mol. The van der Waals surface area contributed by atoms with Crippen molar-refractivity contribution in [2.45, 2.75) is 38.6 Å². The maximum Gasteiger partial charge on any atom is 0.225 e. The van der Waals surface area contributed by atoms with Crippen LogP contribution < -0.4 is 11.1 Å². The average molecular weight is 371 g/mol. The zero-order valence-corrected chi connectivity index (χ0v) is 16.3. The summed E-state index contributed by atoms with van der Waals surface area (Å²) >= 11 is 0. The summed E-state index contributed by atoms with van der Waals surface area (Å²) in [6, 6.07) is 0. The summed E-state index contributed by atoms with van der Waals surface area (Å²) in [5.41, 5.74) is 5.84. The number of nitrogens with one attached hydrogen (secondary N) is 1. The Hall–Kier alpha value is -0.560. The van der Waals surface area contributed by atoms with Crippen LogP contribution in [0.1, 0.15) is 33.1 Å². The van der Waals surface area contributed by atoms with Crippen LogP contribution in [0.5, 0.6) is 0 Å². The minimum atomic E-state index is -0.344. The van der Waals surface area contributed by atoms with Crippen LogP contribution in [0.2, 0.25) is 0 Å². The number of rotatable bonds is 8. The van der Waals surface area contributed by atoms with E-state index in [-0.39, 0.29) is 48.1 Å². The Morgan fingerprint density at radius 1 is 1.35 bits per heavy atom. The number of likely N-dealkylation sites (tertiary alicyclic amines) is 1. The summed E-state index contributed by atoms with van der Waals surface area (Å²) in [4.78, 5) is 27.9. The zero-order chi connectivity index (χ0) is 16.0. The number of hydrogen-bond acceptors (Lipinski definition) is 4. The van der Waals surface area contributed by atoms with Crippen molar-refractivity contribution in [1.82, 2.24) is 15.1 Å². The van der Waals surface area contributed by atoms with E-state index in [1.54, 1.807) is 4.90 Å². The lowest BCUT2D eigenvalue weighted by Crippen LogP contribution is -2.50. The molecule has 23 heavy (non-hydrogen) atoms. The standard InChI is InChI=1S/C15H30N4O2.2ClH/c1-5-15(16,6-2)11-17-14(21)12-9-13(20)19(10-12)8-7-18(3)4;;/h12H,5-11,16H2,1-4H3,(H,17,21);2*1H. The average Bonchev–Trinajstić information content (AvgIpc) is 2.83. The Morgan fingerprint density at radius 3 is 2.39 bits per heavy atom. The minimum Gasteiger partial charge on any atom is -0.354 e. The molecule has 0 bridgehead atoms. The van der Waals surface area contributed by atoms with E-state index < -0.39 is 0 Å². The first-order chi connectivity index (χ1) is 9.81. The molecule has 6 nitrogen and oxygen atoms in total.